The molecular formula is C24H28ClN5O2S. The van der Waals surface area contributed by atoms with Gasteiger partial charge in [-0.25, -0.2) is 9.97 Å². The number of nitrogens with two attached hydrogens (primary N) is 1. The lowest BCUT2D eigenvalue weighted by molar-refractivity contribution is -0.116. The van der Waals surface area contributed by atoms with Crippen LogP contribution in [0.15, 0.2) is 53.7 Å². The van der Waals surface area contributed by atoms with Crippen LogP contribution in [0, 0.1) is 0 Å². The summed E-state index contributed by atoms with van der Waals surface area (Å²) in [6.45, 7) is 5.69. The molecule has 1 aromatic heterocycles. The maximum absolute atomic E-state index is 12.3. The summed E-state index contributed by atoms with van der Waals surface area (Å²) in [6.07, 6.45) is 2.75. The second-order valence-corrected chi connectivity index (χ2v) is 10.2. The Labute approximate surface area is 201 Å². The van der Waals surface area contributed by atoms with Gasteiger partial charge < -0.3 is 10.6 Å². The SMILES string of the molecule is Nc1ncnc2cc(CN3CCN(CCCC(=O)CS(=O)c4ccc(Cl)cc4)CC3)ccc12. The Morgan fingerprint density at radius 2 is 1.76 bits per heavy atom. The molecule has 2 N–H and O–H groups in total. The molecule has 3 aromatic rings. The van der Waals surface area contributed by atoms with Crippen molar-refractivity contribution in [2.24, 2.45) is 0 Å². The smallest absolute Gasteiger partial charge is 0.145 e. The Morgan fingerprint density at radius 1 is 1.03 bits per heavy atom. The molecule has 0 saturated carbocycles. The quantitative estimate of drug-likeness (QED) is 0.497. The third kappa shape index (κ3) is 6.57. The van der Waals surface area contributed by atoms with E-state index in [1.807, 2.05) is 6.07 Å². The number of piperazine rings is 1. The number of benzene rings is 2. The van der Waals surface area contributed by atoms with E-state index in [0.717, 1.165) is 56.6 Å². The molecule has 2 heterocycles. The summed E-state index contributed by atoms with van der Waals surface area (Å²) in [5.74, 6) is 0.620. The van der Waals surface area contributed by atoms with Gasteiger partial charge in [0.2, 0.25) is 0 Å². The number of aromatic nitrogens is 2. The molecule has 1 fully saturated rings. The number of fused-ring (bicyclic) bond motifs is 1. The predicted molar refractivity (Wildman–Crippen MR) is 133 cm³/mol. The molecule has 1 aliphatic rings. The number of carbonyl (C=O) groups excluding carboxylic acids is 1. The van der Waals surface area contributed by atoms with E-state index >= 15 is 0 Å². The Kier molecular flexibility index (Phi) is 8.03. The van der Waals surface area contributed by atoms with E-state index in [2.05, 4.69) is 31.9 Å². The van der Waals surface area contributed by atoms with Crippen molar-refractivity contribution in [3.8, 4) is 0 Å². The van der Waals surface area contributed by atoms with Gasteiger partial charge >= 0.3 is 0 Å². The highest BCUT2D eigenvalue weighted by Gasteiger charge is 2.18. The van der Waals surface area contributed by atoms with Crippen LogP contribution < -0.4 is 5.73 Å². The topological polar surface area (TPSA) is 92.4 Å². The molecular weight excluding hydrogens is 458 g/mol. The molecule has 0 radical (unpaired) electrons. The monoisotopic (exact) mass is 485 g/mol. The molecule has 2 aromatic carbocycles. The van der Waals surface area contributed by atoms with E-state index < -0.39 is 10.8 Å². The summed E-state index contributed by atoms with van der Waals surface area (Å²) in [6, 6.07) is 13.0. The minimum atomic E-state index is -1.31. The molecule has 1 saturated heterocycles. The molecule has 1 aliphatic heterocycles. The minimum absolute atomic E-state index is 0.0441. The van der Waals surface area contributed by atoms with Gasteiger partial charge in [-0.2, -0.15) is 0 Å². The summed E-state index contributed by atoms with van der Waals surface area (Å²) in [5.41, 5.74) is 8.00. The second kappa shape index (κ2) is 11.2. The van der Waals surface area contributed by atoms with E-state index in [4.69, 9.17) is 17.3 Å². The fourth-order valence-electron chi connectivity index (χ4n) is 4.04. The van der Waals surface area contributed by atoms with Crippen molar-refractivity contribution in [1.82, 2.24) is 19.8 Å². The number of rotatable bonds is 9. The maximum Gasteiger partial charge on any atom is 0.145 e. The van der Waals surface area contributed by atoms with Crippen LogP contribution in [0.2, 0.25) is 5.02 Å². The van der Waals surface area contributed by atoms with Gasteiger partial charge in [-0.15, -0.1) is 0 Å². The van der Waals surface area contributed by atoms with Crippen molar-refractivity contribution in [1.29, 1.82) is 0 Å². The number of Topliss-reactive ketones (excluding diaryl/α,β-unsaturated/α-hetero) is 1. The first-order chi connectivity index (χ1) is 16.0. The van der Waals surface area contributed by atoms with E-state index in [1.165, 1.54) is 11.9 Å². The number of halogens is 1. The molecule has 1 atom stereocenters. The van der Waals surface area contributed by atoms with E-state index in [0.29, 0.717) is 22.2 Å². The lowest BCUT2D eigenvalue weighted by Gasteiger charge is -2.34. The molecule has 4 rings (SSSR count). The average molecular weight is 486 g/mol. The van der Waals surface area contributed by atoms with Crippen molar-refractivity contribution in [2.75, 3.05) is 44.2 Å². The number of hydrogen-bond acceptors (Lipinski definition) is 7. The molecule has 9 heteroatoms. The number of nitrogens with zero attached hydrogens (tertiary/aromatic N) is 4. The van der Waals surface area contributed by atoms with Gasteiger partial charge in [-0.1, -0.05) is 17.7 Å². The molecule has 1 unspecified atom stereocenters. The highest BCUT2D eigenvalue weighted by atomic mass is 35.5. The number of nitrogen functional groups attached to an aromatic ring is 1. The van der Waals surface area contributed by atoms with E-state index in [-0.39, 0.29) is 11.5 Å². The predicted octanol–water partition coefficient (Wildman–Crippen LogP) is 3.14. The molecule has 33 heavy (non-hydrogen) atoms. The van der Waals surface area contributed by atoms with Crippen LogP contribution in [0.5, 0.6) is 0 Å². The number of carbonyl (C=O) groups is 1. The van der Waals surface area contributed by atoms with Crippen LogP contribution in [0.3, 0.4) is 0 Å². The Balaban J connectivity index is 1.16. The summed E-state index contributed by atoms with van der Waals surface area (Å²) in [7, 11) is -1.31. The highest BCUT2D eigenvalue weighted by Crippen LogP contribution is 2.19. The summed E-state index contributed by atoms with van der Waals surface area (Å²) in [4.78, 5) is 26.1. The lowest BCUT2D eigenvalue weighted by Crippen LogP contribution is -2.46. The summed E-state index contributed by atoms with van der Waals surface area (Å²) in [5, 5.41) is 1.48. The first kappa shape index (κ1) is 23.8. The summed E-state index contributed by atoms with van der Waals surface area (Å²) >= 11 is 5.86. The van der Waals surface area contributed by atoms with Crippen molar-refractivity contribution >= 4 is 44.9 Å². The zero-order chi connectivity index (χ0) is 23.2. The summed E-state index contributed by atoms with van der Waals surface area (Å²) < 4.78 is 12.3. The van der Waals surface area contributed by atoms with Gasteiger partial charge in [-0.05, 0) is 54.9 Å². The molecule has 0 bridgehead atoms. The van der Waals surface area contributed by atoms with Crippen LogP contribution in [0.1, 0.15) is 18.4 Å². The first-order valence-corrected chi connectivity index (χ1v) is 12.8. The molecule has 0 aliphatic carbocycles. The third-order valence-electron chi connectivity index (χ3n) is 5.90. The zero-order valence-corrected chi connectivity index (χ0v) is 20.0. The van der Waals surface area contributed by atoms with Crippen molar-refractivity contribution in [3.05, 3.63) is 59.4 Å². The van der Waals surface area contributed by atoms with E-state index in [9.17, 15) is 9.00 Å². The molecule has 7 nitrogen and oxygen atoms in total. The average Bonchev–Trinajstić information content (AvgIpc) is 2.81. The lowest BCUT2D eigenvalue weighted by atomic mass is 10.1. The largest absolute Gasteiger partial charge is 0.383 e. The van der Waals surface area contributed by atoms with Crippen LogP contribution in [0.25, 0.3) is 10.9 Å². The first-order valence-electron chi connectivity index (χ1n) is 11.1. The zero-order valence-electron chi connectivity index (χ0n) is 18.5. The van der Waals surface area contributed by atoms with Gasteiger partial charge in [0.15, 0.2) is 0 Å². The van der Waals surface area contributed by atoms with Gasteiger partial charge in [0.05, 0.1) is 22.1 Å². The van der Waals surface area contributed by atoms with Gasteiger partial charge in [0.1, 0.15) is 17.9 Å². The number of hydrogen-bond donors (Lipinski definition) is 1. The van der Waals surface area contributed by atoms with Crippen LogP contribution in [0.4, 0.5) is 5.82 Å². The fourth-order valence-corrected chi connectivity index (χ4v) is 5.21. The Hall–Kier alpha value is -2.39. The number of anilines is 1. The minimum Gasteiger partial charge on any atom is -0.383 e. The normalized spacial score (nSPS) is 16.2. The van der Waals surface area contributed by atoms with Crippen molar-refractivity contribution in [3.63, 3.8) is 0 Å². The second-order valence-electron chi connectivity index (χ2n) is 8.31. The molecule has 0 spiro atoms. The molecule has 174 valence electrons. The van der Waals surface area contributed by atoms with E-state index in [1.54, 1.807) is 24.3 Å². The van der Waals surface area contributed by atoms with Gasteiger partial charge in [0.25, 0.3) is 0 Å². The van der Waals surface area contributed by atoms with Crippen LogP contribution in [-0.2, 0) is 22.1 Å². The Bertz CT molecular complexity index is 1130. The Morgan fingerprint density at radius 3 is 2.52 bits per heavy atom. The molecule has 0 amide bonds. The van der Waals surface area contributed by atoms with Gasteiger partial charge in [0, 0.05) is 54.4 Å². The third-order valence-corrected chi connectivity index (χ3v) is 7.54. The van der Waals surface area contributed by atoms with Crippen molar-refractivity contribution < 1.29 is 9.00 Å². The van der Waals surface area contributed by atoms with Crippen LogP contribution >= 0.6 is 11.6 Å². The fraction of sp³-hybridized carbons (Fsp3) is 0.375. The maximum atomic E-state index is 12.3. The van der Waals surface area contributed by atoms with Crippen molar-refractivity contribution in [2.45, 2.75) is 24.3 Å². The standard InChI is InChI=1S/C24H28ClN5O2S/c25-19-4-6-21(7-5-19)33(32)16-20(31)2-1-9-29-10-12-30(13-11-29)15-18-3-8-22-23(14-18)27-17-28-24(22)26/h3-8,14,17H,1-2,9-13,15-16H2,(H2,26,27,28). The highest BCUT2D eigenvalue weighted by molar-refractivity contribution is 7.85. The number of ketones is 1. The van der Waals surface area contributed by atoms with Gasteiger partial charge in [-0.3, -0.25) is 13.9 Å². The van der Waals surface area contributed by atoms with Crippen LogP contribution in [-0.4, -0.2) is 68.2 Å².